The second kappa shape index (κ2) is 10.7. The van der Waals surface area contributed by atoms with Crippen molar-refractivity contribution in [1.29, 1.82) is 0 Å². The molecule has 26 heavy (non-hydrogen) atoms. The van der Waals surface area contributed by atoms with Crippen molar-refractivity contribution >= 4 is 17.6 Å². The Labute approximate surface area is 154 Å². The number of carbonyl (C=O) groups excluding carboxylic acids is 3. The first-order valence-corrected chi connectivity index (χ1v) is 9.72. The molecule has 0 aliphatic heterocycles. The van der Waals surface area contributed by atoms with Gasteiger partial charge in [0, 0.05) is 25.1 Å². The van der Waals surface area contributed by atoms with Crippen molar-refractivity contribution in [3.05, 3.63) is 18.0 Å². The maximum Gasteiger partial charge on any atom is 0.255 e. The third-order valence-electron chi connectivity index (χ3n) is 4.93. The van der Waals surface area contributed by atoms with Gasteiger partial charge in [-0.3, -0.25) is 19.5 Å². The molecule has 0 bridgehead atoms. The first-order valence-electron chi connectivity index (χ1n) is 9.72. The van der Waals surface area contributed by atoms with Crippen molar-refractivity contribution in [2.45, 2.75) is 83.2 Å². The highest BCUT2D eigenvalue weighted by Gasteiger charge is 2.25. The summed E-state index contributed by atoms with van der Waals surface area (Å²) in [5.74, 6) is -0.140. The number of Topliss-reactive ketones (excluding diaryl/α,β-unsaturated/α-hetero) is 1. The molecule has 1 aromatic heterocycles. The van der Waals surface area contributed by atoms with Gasteiger partial charge in [-0.1, -0.05) is 32.6 Å². The lowest BCUT2D eigenvalue weighted by Gasteiger charge is -2.21. The number of rotatable bonds is 11. The van der Waals surface area contributed by atoms with Crippen molar-refractivity contribution in [1.82, 2.24) is 20.8 Å². The van der Waals surface area contributed by atoms with Gasteiger partial charge in [0.1, 0.15) is 11.8 Å². The molecule has 0 unspecified atom stereocenters. The molecule has 1 atom stereocenters. The van der Waals surface area contributed by atoms with E-state index in [1.807, 2.05) is 6.92 Å². The molecule has 2 rings (SSSR count). The van der Waals surface area contributed by atoms with E-state index >= 15 is 0 Å². The van der Waals surface area contributed by atoms with Crippen LogP contribution in [0, 0.1) is 0 Å². The molecule has 7 nitrogen and oxygen atoms in total. The largest absolute Gasteiger partial charge is 0.352 e. The van der Waals surface area contributed by atoms with Gasteiger partial charge in [0.2, 0.25) is 5.91 Å². The highest BCUT2D eigenvalue weighted by atomic mass is 16.2. The SMILES string of the molecule is CCC(=O)CCCCC[C@H](NC(=O)c1cn[nH]c1)C(=O)NC1CCCC1. The summed E-state index contributed by atoms with van der Waals surface area (Å²) in [6.07, 6.45) is 11.5. The van der Waals surface area contributed by atoms with E-state index in [0.29, 0.717) is 24.8 Å². The predicted molar refractivity (Wildman–Crippen MR) is 98.6 cm³/mol. The average molecular weight is 362 g/mol. The Morgan fingerprint density at radius 1 is 1.23 bits per heavy atom. The van der Waals surface area contributed by atoms with E-state index in [0.717, 1.165) is 44.9 Å². The topological polar surface area (TPSA) is 104 Å². The van der Waals surface area contributed by atoms with Crippen molar-refractivity contribution in [3.63, 3.8) is 0 Å². The normalized spacial score (nSPS) is 15.6. The van der Waals surface area contributed by atoms with Gasteiger partial charge < -0.3 is 10.6 Å². The number of carbonyl (C=O) groups is 3. The average Bonchev–Trinajstić information content (AvgIpc) is 3.33. The minimum absolute atomic E-state index is 0.113. The number of unbranched alkanes of at least 4 members (excludes halogenated alkanes) is 2. The molecule has 1 saturated carbocycles. The smallest absolute Gasteiger partial charge is 0.255 e. The molecule has 1 aromatic rings. The van der Waals surface area contributed by atoms with E-state index in [1.165, 1.54) is 12.4 Å². The molecule has 3 N–H and O–H groups in total. The molecular formula is C19H30N4O3. The molecule has 1 aliphatic rings. The number of aromatic nitrogens is 2. The van der Waals surface area contributed by atoms with E-state index in [1.54, 1.807) is 0 Å². The third kappa shape index (κ3) is 6.61. The van der Waals surface area contributed by atoms with Gasteiger partial charge in [-0.15, -0.1) is 0 Å². The van der Waals surface area contributed by atoms with Crippen LogP contribution >= 0.6 is 0 Å². The quantitative estimate of drug-likeness (QED) is 0.526. The fraction of sp³-hybridized carbons (Fsp3) is 0.684. The molecule has 0 spiro atoms. The number of nitrogens with zero attached hydrogens (tertiary/aromatic N) is 1. The van der Waals surface area contributed by atoms with Crippen LogP contribution in [0.3, 0.4) is 0 Å². The van der Waals surface area contributed by atoms with Gasteiger partial charge >= 0.3 is 0 Å². The zero-order chi connectivity index (χ0) is 18.8. The van der Waals surface area contributed by atoms with Crippen molar-refractivity contribution in [3.8, 4) is 0 Å². The van der Waals surface area contributed by atoms with Crippen LogP contribution in [-0.4, -0.2) is 39.9 Å². The number of nitrogens with one attached hydrogen (secondary N) is 3. The van der Waals surface area contributed by atoms with Crippen molar-refractivity contribution < 1.29 is 14.4 Å². The summed E-state index contributed by atoms with van der Waals surface area (Å²) >= 11 is 0. The predicted octanol–water partition coefficient (Wildman–Crippen LogP) is 2.50. The van der Waals surface area contributed by atoms with Crippen molar-refractivity contribution in [2.75, 3.05) is 0 Å². The zero-order valence-corrected chi connectivity index (χ0v) is 15.6. The minimum atomic E-state index is -0.556. The van der Waals surface area contributed by atoms with E-state index in [4.69, 9.17) is 0 Å². The number of amides is 2. The van der Waals surface area contributed by atoms with E-state index < -0.39 is 6.04 Å². The summed E-state index contributed by atoms with van der Waals surface area (Å²) in [5, 5.41) is 12.3. The summed E-state index contributed by atoms with van der Waals surface area (Å²) in [6, 6.07) is -0.335. The minimum Gasteiger partial charge on any atom is -0.352 e. The van der Waals surface area contributed by atoms with Crippen LogP contribution in [0.15, 0.2) is 12.4 Å². The summed E-state index contributed by atoms with van der Waals surface area (Å²) in [6.45, 7) is 1.87. The van der Waals surface area contributed by atoms with Gasteiger partial charge in [-0.05, 0) is 25.7 Å². The summed E-state index contributed by atoms with van der Waals surface area (Å²) in [4.78, 5) is 36.3. The molecule has 1 heterocycles. The Bertz CT molecular complexity index is 580. The maximum absolute atomic E-state index is 12.6. The van der Waals surface area contributed by atoms with E-state index in [2.05, 4.69) is 20.8 Å². The van der Waals surface area contributed by atoms with Gasteiger partial charge in [-0.25, -0.2) is 0 Å². The lowest BCUT2D eigenvalue weighted by Crippen LogP contribution is -2.49. The molecule has 1 fully saturated rings. The Hall–Kier alpha value is -2.18. The molecule has 7 heteroatoms. The second-order valence-corrected chi connectivity index (χ2v) is 6.99. The van der Waals surface area contributed by atoms with Crippen LogP contribution in [-0.2, 0) is 9.59 Å². The Morgan fingerprint density at radius 2 is 2.00 bits per heavy atom. The summed E-state index contributed by atoms with van der Waals surface area (Å²) in [5.41, 5.74) is 0.414. The van der Waals surface area contributed by atoms with Crippen LogP contribution in [0.25, 0.3) is 0 Å². The number of aromatic amines is 1. The zero-order valence-electron chi connectivity index (χ0n) is 15.6. The van der Waals surface area contributed by atoms with Gasteiger partial charge in [0.25, 0.3) is 5.91 Å². The highest BCUT2D eigenvalue weighted by molar-refractivity contribution is 5.97. The Kier molecular flexibility index (Phi) is 8.31. The lowest BCUT2D eigenvalue weighted by molar-refractivity contribution is -0.124. The third-order valence-corrected chi connectivity index (χ3v) is 4.93. The first kappa shape index (κ1) is 20.1. The molecule has 144 valence electrons. The number of hydrogen-bond donors (Lipinski definition) is 3. The number of hydrogen-bond acceptors (Lipinski definition) is 4. The highest BCUT2D eigenvalue weighted by Crippen LogP contribution is 2.18. The van der Waals surface area contributed by atoms with E-state index in [-0.39, 0.29) is 23.6 Å². The Morgan fingerprint density at radius 3 is 2.65 bits per heavy atom. The summed E-state index contributed by atoms with van der Waals surface area (Å²) in [7, 11) is 0. The van der Waals surface area contributed by atoms with Crippen molar-refractivity contribution in [2.24, 2.45) is 0 Å². The summed E-state index contributed by atoms with van der Waals surface area (Å²) < 4.78 is 0. The number of ketones is 1. The fourth-order valence-electron chi connectivity index (χ4n) is 3.28. The fourth-order valence-corrected chi connectivity index (χ4v) is 3.28. The molecular weight excluding hydrogens is 332 g/mol. The molecule has 0 aromatic carbocycles. The second-order valence-electron chi connectivity index (χ2n) is 6.99. The first-order chi connectivity index (χ1) is 12.6. The maximum atomic E-state index is 12.6. The van der Waals surface area contributed by atoms with Crippen LogP contribution in [0.2, 0.25) is 0 Å². The molecule has 0 saturated heterocycles. The standard InChI is InChI=1S/C19H30N4O3/c1-2-16(24)10-4-3-5-11-17(19(26)22-15-8-6-7-9-15)23-18(25)14-12-20-21-13-14/h12-13,15,17H,2-11H2,1H3,(H,20,21)(H,22,26)(H,23,25)/t17-/m0/s1. The lowest BCUT2D eigenvalue weighted by atomic mass is 10.0. The van der Waals surface area contributed by atoms with E-state index in [9.17, 15) is 14.4 Å². The van der Waals surface area contributed by atoms with Crippen LogP contribution in [0.4, 0.5) is 0 Å². The number of H-pyrrole nitrogens is 1. The Balaban J connectivity index is 1.84. The molecule has 1 aliphatic carbocycles. The molecule has 0 radical (unpaired) electrons. The van der Waals surface area contributed by atoms with Crippen LogP contribution in [0.1, 0.15) is 81.5 Å². The van der Waals surface area contributed by atoms with Crippen LogP contribution in [0.5, 0.6) is 0 Å². The van der Waals surface area contributed by atoms with Crippen LogP contribution < -0.4 is 10.6 Å². The van der Waals surface area contributed by atoms with Gasteiger partial charge in [0.05, 0.1) is 11.8 Å². The molecule has 2 amide bonds. The van der Waals surface area contributed by atoms with Gasteiger partial charge in [0.15, 0.2) is 0 Å². The van der Waals surface area contributed by atoms with Gasteiger partial charge in [-0.2, -0.15) is 5.10 Å². The monoisotopic (exact) mass is 362 g/mol.